The Hall–Kier alpha value is -1.16. The summed E-state index contributed by atoms with van der Waals surface area (Å²) in [5, 5.41) is 0. The molecule has 1 aromatic rings. The number of rotatable bonds is 2. The molecule has 0 atom stereocenters. The van der Waals surface area contributed by atoms with Gasteiger partial charge in [-0.05, 0) is 25.7 Å². The second-order valence-corrected chi connectivity index (χ2v) is 3.94. The maximum absolute atomic E-state index is 5.94. The predicted molar refractivity (Wildman–Crippen MR) is 58.4 cm³/mol. The minimum atomic E-state index is 0.442. The third-order valence-electron chi connectivity index (χ3n) is 2.78. The second-order valence-electron chi connectivity index (χ2n) is 3.94. The van der Waals surface area contributed by atoms with Crippen LogP contribution in [0.5, 0.6) is 0 Å². The molecule has 2 rings (SSSR count). The van der Waals surface area contributed by atoms with Crippen molar-refractivity contribution in [3.63, 3.8) is 0 Å². The Morgan fingerprint density at radius 3 is 2.80 bits per heavy atom. The molecule has 2 N–H and O–H groups in total. The van der Waals surface area contributed by atoms with Gasteiger partial charge in [-0.3, -0.25) is 0 Å². The van der Waals surface area contributed by atoms with Gasteiger partial charge < -0.3 is 10.5 Å². The summed E-state index contributed by atoms with van der Waals surface area (Å²) >= 11 is 0. The molecule has 0 radical (unpaired) electrons. The fourth-order valence-electron chi connectivity index (χ4n) is 2.05. The van der Waals surface area contributed by atoms with Crippen LogP contribution in [0.25, 0.3) is 0 Å². The van der Waals surface area contributed by atoms with E-state index in [0.29, 0.717) is 18.2 Å². The number of aryl methyl sites for hydroxylation is 1. The number of nitrogens with two attached hydrogens (primary N) is 1. The van der Waals surface area contributed by atoms with Crippen LogP contribution in [0.2, 0.25) is 0 Å². The SMILES string of the molecule is COCc1nc(N)c2c(n1)CCCCC2. The van der Waals surface area contributed by atoms with Gasteiger partial charge >= 0.3 is 0 Å². The monoisotopic (exact) mass is 207 g/mol. The quantitative estimate of drug-likeness (QED) is 0.746. The summed E-state index contributed by atoms with van der Waals surface area (Å²) in [6, 6.07) is 0. The first-order valence-electron chi connectivity index (χ1n) is 5.44. The van der Waals surface area contributed by atoms with Gasteiger partial charge in [-0.25, -0.2) is 9.97 Å². The van der Waals surface area contributed by atoms with Crippen molar-refractivity contribution in [3.8, 4) is 0 Å². The lowest BCUT2D eigenvalue weighted by atomic mass is 10.1. The second kappa shape index (κ2) is 4.57. The van der Waals surface area contributed by atoms with Gasteiger partial charge in [0.1, 0.15) is 12.4 Å². The number of anilines is 1. The summed E-state index contributed by atoms with van der Waals surface area (Å²) in [5.41, 5.74) is 8.23. The van der Waals surface area contributed by atoms with Gasteiger partial charge in [-0.1, -0.05) is 6.42 Å². The normalized spacial score (nSPS) is 15.8. The molecule has 1 aliphatic carbocycles. The molecule has 0 amide bonds. The summed E-state index contributed by atoms with van der Waals surface area (Å²) in [6.45, 7) is 0.442. The van der Waals surface area contributed by atoms with Crippen molar-refractivity contribution in [3.05, 3.63) is 17.1 Å². The van der Waals surface area contributed by atoms with Crippen LogP contribution in [0.3, 0.4) is 0 Å². The van der Waals surface area contributed by atoms with Gasteiger partial charge in [0.15, 0.2) is 5.82 Å². The maximum atomic E-state index is 5.94. The average Bonchev–Trinajstić information content (AvgIpc) is 2.43. The molecule has 1 aliphatic rings. The van der Waals surface area contributed by atoms with Crippen LogP contribution in [0, 0.1) is 0 Å². The molecule has 15 heavy (non-hydrogen) atoms. The first-order valence-corrected chi connectivity index (χ1v) is 5.44. The Morgan fingerprint density at radius 1 is 1.20 bits per heavy atom. The summed E-state index contributed by atoms with van der Waals surface area (Å²) in [5.74, 6) is 1.35. The van der Waals surface area contributed by atoms with E-state index in [2.05, 4.69) is 9.97 Å². The highest BCUT2D eigenvalue weighted by Crippen LogP contribution is 2.22. The lowest BCUT2D eigenvalue weighted by molar-refractivity contribution is 0.177. The molecule has 0 saturated carbocycles. The van der Waals surface area contributed by atoms with Gasteiger partial charge in [0.05, 0.1) is 0 Å². The molecule has 4 heteroatoms. The van der Waals surface area contributed by atoms with Crippen molar-refractivity contribution in [2.45, 2.75) is 38.7 Å². The number of hydrogen-bond donors (Lipinski definition) is 1. The maximum Gasteiger partial charge on any atom is 0.156 e. The number of aromatic nitrogens is 2. The molecule has 0 unspecified atom stereocenters. The van der Waals surface area contributed by atoms with Crippen molar-refractivity contribution < 1.29 is 4.74 Å². The standard InChI is InChI=1S/C11H17N3O/c1-15-7-10-13-9-6-4-2-3-5-8(9)11(12)14-10/h2-7H2,1H3,(H2,12,13,14). The van der Waals surface area contributed by atoms with Crippen LogP contribution in [-0.2, 0) is 24.2 Å². The molecular formula is C11H17N3O. The van der Waals surface area contributed by atoms with Crippen LogP contribution < -0.4 is 5.73 Å². The largest absolute Gasteiger partial charge is 0.383 e. The van der Waals surface area contributed by atoms with Crippen LogP contribution in [0.1, 0.15) is 36.3 Å². The first-order chi connectivity index (χ1) is 7.31. The van der Waals surface area contributed by atoms with Crippen LogP contribution >= 0.6 is 0 Å². The summed E-state index contributed by atoms with van der Waals surface area (Å²) < 4.78 is 5.02. The van der Waals surface area contributed by atoms with Gasteiger partial charge in [-0.2, -0.15) is 0 Å². The minimum absolute atomic E-state index is 0.442. The number of nitrogens with zero attached hydrogens (tertiary/aromatic N) is 2. The zero-order valence-electron chi connectivity index (χ0n) is 9.12. The number of ether oxygens (including phenoxy) is 1. The fraction of sp³-hybridized carbons (Fsp3) is 0.636. The Labute approximate surface area is 89.9 Å². The van der Waals surface area contributed by atoms with E-state index in [4.69, 9.17) is 10.5 Å². The molecule has 0 aromatic carbocycles. The summed E-state index contributed by atoms with van der Waals surface area (Å²) in [6.07, 6.45) is 5.71. The smallest absolute Gasteiger partial charge is 0.156 e. The van der Waals surface area contributed by atoms with Gasteiger partial charge in [0.2, 0.25) is 0 Å². The van der Waals surface area contributed by atoms with Crippen molar-refractivity contribution in [2.75, 3.05) is 12.8 Å². The van der Waals surface area contributed by atoms with E-state index in [1.54, 1.807) is 7.11 Å². The van der Waals surface area contributed by atoms with Crippen LogP contribution in [-0.4, -0.2) is 17.1 Å². The highest BCUT2D eigenvalue weighted by atomic mass is 16.5. The molecule has 82 valence electrons. The third kappa shape index (κ3) is 2.26. The van der Waals surface area contributed by atoms with Crippen molar-refractivity contribution in [1.82, 2.24) is 9.97 Å². The van der Waals surface area contributed by atoms with E-state index in [1.165, 1.54) is 19.3 Å². The third-order valence-corrected chi connectivity index (χ3v) is 2.78. The summed E-state index contributed by atoms with van der Waals surface area (Å²) in [4.78, 5) is 8.77. The lowest BCUT2D eigenvalue weighted by Gasteiger charge is -2.09. The number of fused-ring (bicyclic) bond motifs is 1. The molecule has 0 saturated heterocycles. The van der Waals surface area contributed by atoms with E-state index in [1.807, 2.05) is 0 Å². The first kappa shape index (κ1) is 10.4. The average molecular weight is 207 g/mol. The number of nitrogen functional groups attached to an aromatic ring is 1. The topological polar surface area (TPSA) is 61.0 Å². The van der Waals surface area contributed by atoms with Crippen LogP contribution in [0.4, 0.5) is 5.82 Å². The lowest BCUT2D eigenvalue weighted by Crippen LogP contribution is -2.09. The summed E-state index contributed by atoms with van der Waals surface area (Å²) in [7, 11) is 1.64. The highest BCUT2D eigenvalue weighted by Gasteiger charge is 2.14. The van der Waals surface area contributed by atoms with E-state index < -0.39 is 0 Å². The van der Waals surface area contributed by atoms with Gasteiger partial charge in [0.25, 0.3) is 0 Å². The molecule has 0 spiro atoms. The molecule has 1 aromatic heterocycles. The van der Waals surface area contributed by atoms with E-state index in [-0.39, 0.29) is 0 Å². The van der Waals surface area contributed by atoms with E-state index >= 15 is 0 Å². The number of hydrogen-bond acceptors (Lipinski definition) is 4. The molecule has 4 nitrogen and oxygen atoms in total. The molecule has 0 aliphatic heterocycles. The number of methoxy groups -OCH3 is 1. The molecular weight excluding hydrogens is 190 g/mol. The van der Waals surface area contributed by atoms with Crippen molar-refractivity contribution in [2.24, 2.45) is 0 Å². The van der Waals surface area contributed by atoms with Gasteiger partial charge in [-0.15, -0.1) is 0 Å². The van der Waals surface area contributed by atoms with Crippen LogP contribution in [0.15, 0.2) is 0 Å². The molecule has 0 bridgehead atoms. The Bertz CT molecular complexity index is 352. The zero-order chi connectivity index (χ0) is 10.7. The highest BCUT2D eigenvalue weighted by molar-refractivity contribution is 5.43. The van der Waals surface area contributed by atoms with E-state index in [0.717, 1.165) is 24.1 Å². The molecule has 0 fully saturated rings. The van der Waals surface area contributed by atoms with E-state index in [9.17, 15) is 0 Å². The van der Waals surface area contributed by atoms with Crippen molar-refractivity contribution in [1.29, 1.82) is 0 Å². The Balaban J connectivity index is 2.35. The zero-order valence-corrected chi connectivity index (χ0v) is 9.12. The minimum Gasteiger partial charge on any atom is -0.383 e. The fourth-order valence-corrected chi connectivity index (χ4v) is 2.05. The molecule has 1 heterocycles. The Morgan fingerprint density at radius 2 is 2.00 bits per heavy atom. The predicted octanol–water partition coefficient (Wildman–Crippen LogP) is 1.47. The van der Waals surface area contributed by atoms with Gasteiger partial charge in [0, 0.05) is 18.4 Å². The Kier molecular flexibility index (Phi) is 3.16. The van der Waals surface area contributed by atoms with Crippen molar-refractivity contribution >= 4 is 5.82 Å².